The molecule has 0 amide bonds. The smallest absolute Gasteiger partial charge is 0.338 e. The van der Waals surface area contributed by atoms with Crippen LogP contribution in [0.1, 0.15) is 16.8 Å². The SMILES string of the molecule is COc1c(Cl)cc2cc1S(=O)(=O)Nc1cc(c(F)cc1F)-c1cc3ccccc3n1CCCOC2=O. The second-order valence-electron chi connectivity index (χ2n) is 8.14. The van der Waals surface area contributed by atoms with Gasteiger partial charge in [-0.05, 0) is 36.8 Å². The highest BCUT2D eigenvalue weighted by Gasteiger charge is 2.27. The Balaban J connectivity index is 1.75. The maximum absolute atomic E-state index is 15.1. The number of sulfonamides is 1. The number of cyclic esters (lactones) is 1. The zero-order valence-electron chi connectivity index (χ0n) is 18.8. The fraction of sp³-hybridized carbons (Fsp3) is 0.160. The van der Waals surface area contributed by atoms with Crippen molar-refractivity contribution in [3.8, 4) is 17.0 Å². The number of rotatable bonds is 1. The molecule has 0 spiro atoms. The van der Waals surface area contributed by atoms with E-state index in [2.05, 4.69) is 4.72 Å². The van der Waals surface area contributed by atoms with Gasteiger partial charge >= 0.3 is 5.97 Å². The van der Waals surface area contributed by atoms with Gasteiger partial charge in [-0.2, -0.15) is 0 Å². The molecule has 1 N–H and O–H groups in total. The van der Waals surface area contributed by atoms with Crippen LogP contribution in [0.3, 0.4) is 0 Å². The first kappa shape index (κ1) is 24.1. The van der Waals surface area contributed by atoms with E-state index in [1.54, 1.807) is 6.07 Å². The zero-order valence-corrected chi connectivity index (χ0v) is 20.4. The summed E-state index contributed by atoms with van der Waals surface area (Å²) in [5.74, 6) is -3.01. The monoisotopic (exact) mass is 532 g/mol. The predicted octanol–water partition coefficient (Wildman–Crippen LogP) is 5.61. The predicted molar refractivity (Wildman–Crippen MR) is 131 cm³/mol. The minimum Gasteiger partial charge on any atom is -0.494 e. The number of esters is 1. The second kappa shape index (κ2) is 9.11. The normalized spacial score (nSPS) is 15.3. The number of para-hydroxylation sites is 1. The molecule has 0 saturated carbocycles. The summed E-state index contributed by atoms with van der Waals surface area (Å²) in [6, 6.07) is 13.1. The van der Waals surface area contributed by atoms with Crippen LogP contribution in [0.5, 0.6) is 5.75 Å². The molecule has 36 heavy (non-hydrogen) atoms. The Morgan fingerprint density at radius 1 is 1.08 bits per heavy atom. The number of hydrogen-bond donors (Lipinski definition) is 1. The van der Waals surface area contributed by atoms with Gasteiger partial charge in [0.15, 0.2) is 5.75 Å². The van der Waals surface area contributed by atoms with Crippen molar-refractivity contribution in [2.75, 3.05) is 18.4 Å². The fourth-order valence-corrected chi connectivity index (χ4v) is 5.88. The van der Waals surface area contributed by atoms with Gasteiger partial charge in [0.25, 0.3) is 10.0 Å². The largest absolute Gasteiger partial charge is 0.494 e. The molecule has 0 fully saturated rings. The van der Waals surface area contributed by atoms with Gasteiger partial charge in [0.05, 0.1) is 35.7 Å². The van der Waals surface area contributed by atoms with Crippen LogP contribution in [-0.4, -0.2) is 32.7 Å². The minimum absolute atomic E-state index is 0.00378. The number of nitrogens with zero attached hydrogens (tertiary/aromatic N) is 1. The highest BCUT2D eigenvalue weighted by atomic mass is 35.5. The molecule has 4 bridgehead atoms. The van der Waals surface area contributed by atoms with E-state index in [-0.39, 0.29) is 28.5 Å². The van der Waals surface area contributed by atoms with Crippen molar-refractivity contribution in [1.82, 2.24) is 4.57 Å². The average Bonchev–Trinajstić information content (AvgIpc) is 3.20. The molecular formula is C25H19ClF2N2O5S. The van der Waals surface area contributed by atoms with Crippen LogP contribution >= 0.6 is 11.6 Å². The van der Waals surface area contributed by atoms with Gasteiger partial charge in [0, 0.05) is 29.1 Å². The molecule has 0 saturated heterocycles. The Morgan fingerprint density at radius 2 is 1.86 bits per heavy atom. The lowest BCUT2D eigenvalue weighted by Crippen LogP contribution is -2.17. The summed E-state index contributed by atoms with van der Waals surface area (Å²) in [7, 11) is -3.33. The van der Waals surface area contributed by atoms with Gasteiger partial charge in [-0.3, -0.25) is 4.72 Å². The lowest BCUT2D eigenvalue weighted by molar-refractivity contribution is 0.0496. The van der Waals surface area contributed by atoms with Crippen molar-refractivity contribution in [1.29, 1.82) is 0 Å². The van der Waals surface area contributed by atoms with Crippen LogP contribution in [-0.2, 0) is 21.3 Å². The summed E-state index contributed by atoms with van der Waals surface area (Å²) in [5, 5.41) is 0.658. The third-order valence-corrected chi connectivity index (χ3v) is 7.54. The van der Waals surface area contributed by atoms with Crippen molar-refractivity contribution < 1.29 is 31.5 Å². The van der Waals surface area contributed by atoms with Gasteiger partial charge < -0.3 is 14.0 Å². The van der Waals surface area contributed by atoms with Crippen LogP contribution in [0, 0.1) is 11.6 Å². The summed E-state index contributed by atoms with van der Waals surface area (Å²) in [4.78, 5) is 12.2. The number of halogens is 3. The molecular weight excluding hydrogens is 514 g/mol. The average molecular weight is 533 g/mol. The number of nitrogens with one attached hydrogen (secondary N) is 1. The number of benzene rings is 3. The Hall–Kier alpha value is -3.63. The van der Waals surface area contributed by atoms with Crippen LogP contribution in [0.15, 0.2) is 59.5 Å². The van der Waals surface area contributed by atoms with Crippen LogP contribution in [0.25, 0.3) is 22.2 Å². The minimum atomic E-state index is -4.54. The molecule has 3 aromatic carbocycles. The first-order chi connectivity index (χ1) is 17.2. The first-order valence-corrected chi connectivity index (χ1v) is 12.7. The molecule has 4 aromatic rings. The van der Waals surface area contributed by atoms with Crippen molar-refractivity contribution >= 4 is 44.2 Å². The zero-order chi connectivity index (χ0) is 25.6. The van der Waals surface area contributed by atoms with E-state index < -0.39 is 38.2 Å². The highest BCUT2D eigenvalue weighted by Crippen LogP contribution is 2.37. The molecule has 0 atom stereocenters. The van der Waals surface area contributed by atoms with E-state index in [4.69, 9.17) is 21.1 Å². The third-order valence-electron chi connectivity index (χ3n) is 5.89. The summed E-state index contributed by atoms with van der Waals surface area (Å²) in [6.45, 7) is 0.356. The topological polar surface area (TPSA) is 86.6 Å². The standard InChI is InChI=1S/C25H19ClF2N2O5S/c1-34-24-17(26)9-15-11-23(24)36(32,33)29-20-12-16(18(27)13-19(20)28)22-10-14-5-2-3-6-21(14)30(22)7-4-8-35-25(15)31/h2-3,5-6,9-13,29H,4,7-8H2,1H3. The van der Waals surface area contributed by atoms with E-state index in [0.29, 0.717) is 24.7 Å². The van der Waals surface area contributed by atoms with Gasteiger partial charge in [-0.15, -0.1) is 0 Å². The lowest BCUT2D eigenvalue weighted by Gasteiger charge is -2.16. The van der Waals surface area contributed by atoms with Crippen molar-refractivity contribution in [3.63, 3.8) is 0 Å². The second-order valence-corrected chi connectivity index (χ2v) is 10.2. The van der Waals surface area contributed by atoms with E-state index in [0.717, 1.165) is 23.0 Å². The summed E-state index contributed by atoms with van der Waals surface area (Å²) >= 11 is 6.19. The van der Waals surface area contributed by atoms with E-state index in [1.807, 2.05) is 28.8 Å². The number of carbonyl (C=O) groups excluding carboxylic acids is 1. The first-order valence-electron chi connectivity index (χ1n) is 10.8. The van der Waals surface area contributed by atoms with Crippen LogP contribution in [0.4, 0.5) is 14.5 Å². The lowest BCUT2D eigenvalue weighted by atomic mass is 10.1. The Labute approximate surface area is 210 Å². The number of hydrogen-bond acceptors (Lipinski definition) is 5. The number of anilines is 1. The van der Waals surface area contributed by atoms with Gasteiger partial charge in [0.1, 0.15) is 16.5 Å². The maximum atomic E-state index is 15.1. The van der Waals surface area contributed by atoms with E-state index in [1.165, 1.54) is 13.2 Å². The van der Waals surface area contributed by atoms with E-state index >= 15 is 4.39 Å². The maximum Gasteiger partial charge on any atom is 0.338 e. The number of aromatic nitrogens is 1. The van der Waals surface area contributed by atoms with Gasteiger partial charge in [-0.25, -0.2) is 22.0 Å². The van der Waals surface area contributed by atoms with Crippen molar-refractivity contribution in [3.05, 3.63) is 76.8 Å². The summed E-state index contributed by atoms with van der Waals surface area (Å²) < 4.78 is 70.9. The number of fused-ring (bicyclic) bond motifs is 8. The number of methoxy groups -OCH3 is 1. The molecule has 1 aromatic heterocycles. The molecule has 2 heterocycles. The molecule has 186 valence electrons. The van der Waals surface area contributed by atoms with Crippen LogP contribution in [0.2, 0.25) is 5.02 Å². The summed E-state index contributed by atoms with van der Waals surface area (Å²) in [5.41, 5.74) is 0.595. The van der Waals surface area contributed by atoms with Gasteiger partial charge in [0.2, 0.25) is 0 Å². The molecule has 0 unspecified atom stereocenters. The number of ether oxygens (including phenoxy) is 2. The van der Waals surface area contributed by atoms with Crippen LogP contribution < -0.4 is 9.46 Å². The van der Waals surface area contributed by atoms with E-state index in [9.17, 15) is 17.6 Å². The highest BCUT2D eigenvalue weighted by molar-refractivity contribution is 7.92. The Morgan fingerprint density at radius 3 is 2.64 bits per heavy atom. The molecule has 1 aliphatic heterocycles. The molecule has 1 aliphatic rings. The molecule has 0 aliphatic carbocycles. The van der Waals surface area contributed by atoms with Crippen molar-refractivity contribution in [2.45, 2.75) is 17.9 Å². The van der Waals surface area contributed by atoms with Gasteiger partial charge in [-0.1, -0.05) is 29.8 Å². The Bertz CT molecular complexity index is 1640. The quantitative estimate of drug-likeness (QED) is 0.322. The number of carbonyl (C=O) groups is 1. The summed E-state index contributed by atoms with van der Waals surface area (Å²) in [6.07, 6.45) is 0.375. The Kier molecular flexibility index (Phi) is 6.09. The third kappa shape index (κ3) is 4.16. The number of aryl methyl sites for hydroxylation is 1. The van der Waals surface area contributed by atoms with Crippen molar-refractivity contribution in [2.24, 2.45) is 0 Å². The molecule has 11 heteroatoms. The molecule has 0 radical (unpaired) electrons. The molecule has 5 rings (SSSR count). The molecule has 7 nitrogen and oxygen atoms in total. The fourth-order valence-electron chi connectivity index (χ4n) is 4.25.